The molecule has 0 radical (unpaired) electrons. The van der Waals surface area contributed by atoms with Gasteiger partial charge in [0.2, 0.25) is 23.6 Å². The maximum atomic E-state index is 13.6. The van der Waals surface area contributed by atoms with Crippen molar-refractivity contribution >= 4 is 41.2 Å². The number of nitrogens with two attached hydrogens (primary N) is 2. The van der Waals surface area contributed by atoms with E-state index in [1.807, 2.05) is 60.7 Å². The largest absolute Gasteiger partial charge is 0.370 e. The van der Waals surface area contributed by atoms with E-state index >= 15 is 0 Å². The van der Waals surface area contributed by atoms with Gasteiger partial charge in [-0.05, 0) is 54.2 Å². The highest BCUT2D eigenvalue weighted by Gasteiger charge is 2.29. The molecular formula is C36H46N8O5. The average molecular weight is 671 g/mol. The van der Waals surface area contributed by atoms with Crippen molar-refractivity contribution in [2.45, 2.75) is 64.7 Å². The van der Waals surface area contributed by atoms with E-state index in [2.05, 4.69) is 31.6 Å². The maximum Gasteiger partial charge on any atom is 0.251 e. The van der Waals surface area contributed by atoms with Crippen LogP contribution in [-0.2, 0) is 32.1 Å². The van der Waals surface area contributed by atoms with Gasteiger partial charge in [-0.3, -0.25) is 29.0 Å². The molecule has 0 unspecified atom stereocenters. The molecule has 0 aromatic heterocycles. The van der Waals surface area contributed by atoms with Crippen LogP contribution in [0, 0.1) is 5.92 Å². The maximum absolute atomic E-state index is 13.6. The molecule has 0 aliphatic rings. The Hall–Kier alpha value is -5.72. The van der Waals surface area contributed by atoms with Gasteiger partial charge in [0.1, 0.15) is 18.1 Å². The molecule has 3 atom stereocenters. The molecule has 0 heterocycles. The van der Waals surface area contributed by atoms with Gasteiger partial charge in [0.05, 0.1) is 0 Å². The van der Waals surface area contributed by atoms with Crippen molar-refractivity contribution in [1.82, 2.24) is 21.3 Å². The van der Waals surface area contributed by atoms with Gasteiger partial charge in [-0.2, -0.15) is 0 Å². The fraction of sp³-hybridized carbons (Fsp3) is 0.333. The summed E-state index contributed by atoms with van der Waals surface area (Å²) < 4.78 is 0. The zero-order chi connectivity index (χ0) is 35.8. The summed E-state index contributed by atoms with van der Waals surface area (Å²) in [4.78, 5) is 68.6. The second-order valence-electron chi connectivity index (χ2n) is 11.9. The minimum absolute atomic E-state index is 0.0563. The standard InChI is InChI=1S/C36H46N8O5/c1-23(2)31(35(49)43-30(21-25-11-6-4-7-12-25)33(47)40-22-26-13-8-5-9-14-26)44-32(46)27-16-18-28(19-17-27)42-34(48)29(41-24(3)45)15-10-20-39-36(37)38/h4-9,11-14,16-19,23,29-31H,10,15,20-22H2,1-3H3,(H,40,47)(H,41,45)(H,42,48)(H,43,49)(H,44,46)(H4,37,38,39)/t29-,30-,31-/m0/s1. The Morgan fingerprint density at radius 2 is 1.33 bits per heavy atom. The van der Waals surface area contributed by atoms with Crippen LogP contribution < -0.4 is 38.1 Å². The molecule has 3 aromatic rings. The van der Waals surface area contributed by atoms with E-state index in [1.165, 1.54) is 19.1 Å². The van der Waals surface area contributed by atoms with E-state index in [1.54, 1.807) is 26.0 Å². The molecule has 0 saturated heterocycles. The van der Waals surface area contributed by atoms with E-state index in [-0.39, 0.29) is 35.7 Å². The summed E-state index contributed by atoms with van der Waals surface area (Å²) in [6.07, 6.45) is 1.03. The first-order valence-electron chi connectivity index (χ1n) is 16.1. The van der Waals surface area contributed by atoms with Crippen LogP contribution in [0.1, 0.15) is 55.1 Å². The number of guanidine groups is 1. The SMILES string of the molecule is CC(=O)N[C@@H](CCCN=C(N)N)C(=O)Nc1ccc(C(=O)N[C@H](C(=O)N[C@@H](Cc2ccccc2)C(=O)NCc2ccccc2)C(C)C)cc1. The van der Waals surface area contributed by atoms with Crippen LogP contribution in [0.4, 0.5) is 5.69 Å². The first-order valence-corrected chi connectivity index (χ1v) is 16.1. The van der Waals surface area contributed by atoms with Gasteiger partial charge in [-0.25, -0.2) is 0 Å². The Labute approximate surface area is 286 Å². The fourth-order valence-corrected chi connectivity index (χ4v) is 4.94. The first kappa shape index (κ1) is 37.7. The van der Waals surface area contributed by atoms with Crippen LogP contribution in [0.3, 0.4) is 0 Å². The molecule has 0 spiro atoms. The number of nitrogens with one attached hydrogen (secondary N) is 5. The number of aliphatic imine (C=N–C) groups is 1. The van der Waals surface area contributed by atoms with E-state index in [9.17, 15) is 24.0 Å². The second kappa shape index (κ2) is 19.2. The summed E-state index contributed by atoms with van der Waals surface area (Å²) in [5.41, 5.74) is 13.1. The number of hydrogen-bond acceptors (Lipinski definition) is 6. The molecule has 9 N–H and O–H groups in total. The van der Waals surface area contributed by atoms with E-state index in [4.69, 9.17) is 11.5 Å². The highest BCUT2D eigenvalue weighted by Crippen LogP contribution is 2.13. The molecule has 13 nitrogen and oxygen atoms in total. The van der Waals surface area contributed by atoms with Gasteiger partial charge in [-0.1, -0.05) is 74.5 Å². The van der Waals surface area contributed by atoms with E-state index in [0.29, 0.717) is 31.6 Å². The number of benzene rings is 3. The number of rotatable bonds is 17. The fourth-order valence-electron chi connectivity index (χ4n) is 4.94. The number of hydrogen-bond donors (Lipinski definition) is 7. The van der Waals surface area contributed by atoms with E-state index < -0.39 is 35.8 Å². The molecule has 0 saturated carbocycles. The zero-order valence-electron chi connectivity index (χ0n) is 28.1. The lowest BCUT2D eigenvalue weighted by Gasteiger charge is -2.25. The third-order valence-corrected chi connectivity index (χ3v) is 7.51. The third kappa shape index (κ3) is 13.1. The molecule has 260 valence electrons. The van der Waals surface area contributed by atoms with Crippen molar-refractivity contribution in [3.8, 4) is 0 Å². The summed E-state index contributed by atoms with van der Waals surface area (Å²) in [5.74, 6) is -2.50. The highest BCUT2D eigenvalue weighted by atomic mass is 16.2. The smallest absolute Gasteiger partial charge is 0.251 e. The van der Waals surface area contributed by atoms with Crippen LogP contribution >= 0.6 is 0 Å². The number of nitrogens with zero attached hydrogens (tertiary/aromatic N) is 1. The summed E-state index contributed by atoms with van der Waals surface area (Å²) in [5, 5.41) is 13.9. The number of carbonyl (C=O) groups excluding carboxylic acids is 5. The van der Waals surface area contributed by atoms with Crippen molar-refractivity contribution < 1.29 is 24.0 Å². The normalized spacial score (nSPS) is 12.5. The minimum Gasteiger partial charge on any atom is -0.370 e. The molecular weight excluding hydrogens is 624 g/mol. The van der Waals surface area contributed by atoms with Gasteiger partial charge in [0, 0.05) is 37.7 Å². The minimum atomic E-state index is -0.940. The Morgan fingerprint density at radius 3 is 1.90 bits per heavy atom. The molecule has 49 heavy (non-hydrogen) atoms. The highest BCUT2D eigenvalue weighted by molar-refractivity contribution is 6.00. The molecule has 3 aromatic carbocycles. The van der Waals surface area contributed by atoms with Crippen molar-refractivity contribution in [1.29, 1.82) is 0 Å². The molecule has 0 aliphatic carbocycles. The Bertz CT molecular complexity index is 1580. The summed E-state index contributed by atoms with van der Waals surface area (Å²) >= 11 is 0. The Morgan fingerprint density at radius 1 is 0.714 bits per heavy atom. The molecule has 0 aliphatic heterocycles. The lowest BCUT2D eigenvalue weighted by Crippen LogP contribution is -2.56. The summed E-state index contributed by atoms with van der Waals surface area (Å²) in [6.45, 7) is 5.52. The van der Waals surface area contributed by atoms with E-state index in [0.717, 1.165) is 11.1 Å². The molecule has 0 bridgehead atoms. The topological polar surface area (TPSA) is 210 Å². The van der Waals surface area contributed by atoms with Gasteiger partial charge in [0.25, 0.3) is 5.91 Å². The number of anilines is 1. The average Bonchev–Trinajstić information content (AvgIpc) is 3.07. The van der Waals surface area contributed by atoms with Crippen LogP contribution in [0.2, 0.25) is 0 Å². The monoisotopic (exact) mass is 670 g/mol. The molecule has 0 fully saturated rings. The third-order valence-electron chi connectivity index (χ3n) is 7.51. The van der Waals surface area contributed by atoms with Gasteiger partial charge in [-0.15, -0.1) is 0 Å². The zero-order valence-corrected chi connectivity index (χ0v) is 28.1. The lowest BCUT2D eigenvalue weighted by molar-refractivity contribution is -0.130. The van der Waals surface area contributed by atoms with Gasteiger partial charge in [0.15, 0.2) is 5.96 Å². The molecule has 5 amide bonds. The van der Waals surface area contributed by atoms with Gasteiger partial charge < -0.3 is 38.1 Å². The van der Waals surface area contributed by atoms with Crippen LogP contribution in [0.5, 0.6) is 0 Å². The summed E-state index contributed by atoms with van der Waals surface area (Å²) in [6, 6.07) is 22.3. The first-order chi connectivity index (χ1) is 23.4. The van der Waals surface area contributed by atoms with Crippen molar-refractivity contribution in [2.75, 3.05) is 11.9 Å². The number of amides is 5. The van der Waals surface area contributed by atoms with Crippen molar-refractivity contribution in [3.63, 3.8) is 0 Å². The van der Waals surface area contributed by atoms with Crippen molar-refractivity contribution in [2.24, 2.45) is 22.4 Å². The quantitative estimate of drug-likeness (QED) is 0.0644. The molecule has 3 rings (SSSR count). The van der Waals surface area contributed by atoms with Crippen LogP contribution in [0.15, 0.2) is 89.9 Å². The Balaban J connectivity index is 1.65. The Kier molecular flexibility index (Phi) is 14.8. The van der Waals surface area contributed by atoms with Crippen molar-refractivity contribution in [3.05, 3.63) is 102 Å². The van der Waals surface area contributed by atoms with Crippen LogP contribution in [0.25, 0.3) is 0 Å². The van der Waals surface area contributed by atoms with Crippen LogP contribution in [-0.4, -0.2) is 60.2 Å². The predicted molar refractivity (Wildman–Crippen MR) is 189 cm³/mol. The second-order valence-corrected chi connectivity index (χ2v) is 11.9. The lowest BCUT2D eigenvalue weighted by atomic mass is 10.0. The van der Waals surface area contributed by atoms with Gasteiger partial charge >= 0.3 is 0 Å². The molecule has 13 heteroatoms. The summed E-state index contributed by atoms with van der Waals surface area (Å²) in [7, 11) is 0. The predicted octanol–water partition coefficient (Wildman–Crippen LogP) is 1.98. The number of carbonyl (C=O) groups is 5.